The van der Waals surface area contributed by atoms with Gasteiger partial charge >= 0.3 is 5.97 Å². The minimum atomic E-state index is -1.00. The molecule has 0 radical (unpaired) electrons. The zero-order valence-corrected chi connectivity index (χ0v) is 11.7. The molecular formula is C14H12ClN3O2. The van der Waals surface area contributed by atoms with Gasteiger partial charge in [0.15, 0.2) is 0 Å². The van der Waals surface area contributed by atoms with E-state index >= 15 is 0 Å². The Labute approximate surface area is 119 Å². The summed E-state index contributed by atoms with van der Waals surface area (Å²) >= 11 is 6.03. The number of aryl methyl sites for hydroxylation is 1. The van der Waals surface area contributed by atoms with E-state index in [4.69, 9.17) is 11.6 Å². The summed E-state index contributed by atoms with van der Waals surface area (Å²) in [6.07, 6.45) is 1.33. The summed E-state index contributed by atoms with van der Waals surface area (Å²) in [5.74, 6) is -1.00. The van der Waals surface area contributed by atoms with Crippen LogP contribution in [0.1, 0.15) is 16.1 Å². The molecule has 0 saturated carbocycles. The maximum absolute atomic E-state index is 11.3. The smallest absolute Gasteiger partial charge is 0.339 e. The average Bonchev–Trinajstić information content (AvgIpc) is 2.96. The number of carboxylic acid groups (broad SMARTS) is 1. The molecule has 0 saturated heterocycles. The van der Waals surface area contributed by atoms with E-state index in [0.717, 1.165) is 22.2 Å². The Kier molecular flexibility index (Phi) is 2.79. The molecule has 102 valence electrons. The van der Waals surface area contributed by atoms with Gasteiger partial charge in [-0.05, 0) is 19.1 Å². The summed E-state index contributed by atoms with van der Waals surface area (Å²) in [6, 6.07) is 5.56. The first kappa shape index (κ1) is 12.7. The highest BCUT2D eigenvalue weighted by Gasteiger charge is 2.21. The molecule has 5 nitrogen and oxygen atoms in total. The Bertz CT molecular complexity index is 832. The second-order valence-electron chi connectivity index (χ2n) is 4.64. The molecule has 2 heterocycles. The molecule has 2 N–H and O–H groups in total. The van der Waals surface area contributed by atoms with Crippen LogP contribution in [0.3, 0.4) is 0 Å². The van der Waals surface area contributed by atoms with Gasteiger partial charge in [-0.1, -0.05) is 17.7 Å². The van der Waals surface area contributed by atoms with Crippen molar-refractivity contribution in [3.63, 3.8) is 0 Å². The molecule has 0 bridgehead atoms. The van der Waals surface area contributed by atoms with Crippen molar-refractivity contribution in [3.8, 4) is 11.3 Å². The summed E-state index contributed by atoms with van der Waals surface area (Å²) < 4.78 is 1.99. The molecule has 1 aromatic carbocycles. The van der Waals surface area contributed by atoms with E-state index in [1.165, 1.54) is 6.20 Å². The number of carbonyl (C=O) groups is 1. The Morgan fingerprint density at radius 2 is 2.20 bits per heavy atom. The van der Waals surface area contributed by atoms with Gasteiger partial charge in [0.1, 0.15) is 5.56 Å². The Hall–Kier alpha value is -2.27. The highest BCUT2D eigenvalue weighted by Crippen LogP contribution is 2.35. The van der Waals surface area contributed by atoms with Gasteiger partial charge in [0.25, 0.3) is 0 Å². The van der Waals surface area contributed by atoms with Gasteiger partial charge in [-0.2, -0.15) is 5.10 Å². The van der Waals surface area contributed by atoms with Gasteiger partial charge < -0.3 is 9.67 Å². The fourth-order valence-electron chi connectivity index (χ4n) is 2.49. The van der Waals surface area contributed by atoms with E-state index < -0.39 is 5.97 Å². The first-order chi connectivity index (χ1) is 9.50. The number of aromatic amines is 1. The van der Waals surface area contributed by atoms with Gasteiger partial charge in [-0.25, -0.2) is 4.79 Å². The van der Waals surface area contributed by atoms with Crippen LogP contribution in [0.25, 0.3) is 22.2 Å². The second kappa shape index (κ2) is 4.38. The molecule has 6 heteroatoms. The van der Waals surface area contributed by atoms with Gasteiger partial charge in [0.05, 0.1) is 17.4 Å². The predicted octanol–water partition coefficient (Wildman–Crippen LogP) is 3.23. The number of halogens is 1. The number of nitrogens with one attached hydrogen (secondary N) is 1. The summed E-state index contributed by atoms with van der Waals surface area (Å²) in [6.45, 7) is 1.94. The van der Waals surface area contributed by atoms with Gasteiger partial charge in [-0.15, -0.1) is 0 Å². The van der Waals surface area contributed by atoms with Crippen molar-refractivity contribution in [3.05, 3.63) is 40.7 Å². The first-order valence-corrected chi connectivity index (χ1v) is 6.40. The lowest BCUT2D eigenvalue weighted by atomic mass is 10.0. The van der Waals surface area contributed by atoms with Crippen molar-refractivity contribution in [2.45, 2.75) is 6.92 Å². The molecule has 0 unspecified atom stereocenters. The zero-order chi connectivity index (χ0) is 14.4. The monoisotopic (exact) mass is 289 g/mol. The largest absolute Gasteiger partial charge is 0.478 e. The maximum Gasteiger partial charge on any atom is 0.339 e. The van der Waals surface area contributed by atoms with Crippen molar-refractivity contribution < 1.29 is 9.90 Å². The highest BCUT2D eigenvalue weighted by atomic mass is 35.5. The molecular weight excluding hydrogens is 278 g/mol. The lowest BCUT2D eigenvalue weighted by Crippen LogP contribution is -1.98. The van der Waals surface area contributed by atoms with Crippen LogP contribution in [0.2, 0.25) is 5.02 Å². The van der Waals surface area contributed by atoms with E-state index in [-0.39, 0.29) is 5.56 Å². The third-order valence-electron chi connectivity index (χ3n) is 3.58. The zero-order valence-electron chi connectivity index (χ0n) is 10.9. The van der Waals surface area contributed by atoms with Crippen molar-refractivity contribution in [1.82, 2.24) is 14.8 Å². The number of aromatic carboxylic acids is 1. The molecule has 0 atom stereocenters. The van der Waals surface area contributed by atoms with Crippen molar-refractivity contribution in [1.29, 1.82) is 0 Å². The summed E-state index contributed by atoms with van der Waals surface area (Å²) in [5.41, 5.74) is 3.43. The topological polar surface area (TPSA) is 70.9 Å². The van der Waals surface area contributed by atoms with Crippen LogP contribution in [-0.4, -0.2) is 25.8 Å². The van der Waals surface area contributed by atoms with Crippen LogP contribution in [0.15, 0.2) is 24.4 Å². The number of hydrogen-bond donors (Lipinski definition) is 2. The average molecular weight is 290 g/mol. The molecule has 20 heavy (non-hydrogen) atoms. The SMILES string of the molecule is Cc1c(-c2[nH]ncc2C(=O)O)c2ccc(Cl)cc2n1C. The van der Waals surface area contributed by atoms with Crippen LogP contribution >= 0.6 is 11.6 Å². The minimum absolute atomic E-state index is 0.163. The molecule has 0 aliphatic carbocycles. The van der Waals surface area contributed by atoms with E-state index in [1.54, 1.807) is 6.07 Å². The summed E-state index contributed by atoms with van der Waals surface area (Å²) in [7, 11) is 1.92. The third kappa shape index (κ3) is 1.71. The maximum atomic E-state index is 11.3. The number of H-pyrrole nitrogens is 1. The minimum Gasteiger partial charge on any atom is -0.478 e. The number of benzene rings is 1. The Morgan fingerprint density at radius 1 is 1.45 bits per heavy atom. The number of fused-ring (bicyclic) bond motifs is 1. The number of aromatic nitrogens is 3. The van der Waals surface area contributed by atoms with Crippen molar-refractivity contribution in [2.24, 2.45) is 7.05 Å². The van der Waals surface area contributed by atoms with Gasteiger partial charge in [0, 0.05) is 28.7 Å². The van der Waals surface area contributed by atoms with Crippen molar-refractivity contribution in [2.75, 3.05) is 0 Å². The molecule has 3 rings (SSSR count). The lowest BCUT2D eigenvalue weighted by Gasteiger charge is -2.01. The highest BCUT2D eigenvalue weighted by molar-refractivity contribution is 6.31. The third-order valence-corrected chi connectivity index (χ3v) is 3.81. The predicted molar refractivity (Wildman–Crippen MR) is 77.2 cm³/mol. The number of nitrogens with zero attached hydrogens (tertiary/aromatic N) is 2. The van der Waals surface area contributed by atoms with E-state index in [1.807, 2.05) is 30.7 Å². The van der Waals surface area contributed by atoms with Crippen LogP contribution in [0.5, 0.6) is 0 Å². The Balaban J connectivity index is 2.39. The van der Waals surface area contributed by atoms with Gasteiger partial charge in [0.2, 0.25) is 0 Å². The fraction of sp³-hybridized carbons (Fsp3) is 0.143. The van der Waals surface area contributed by atoms with Crippen LogP contribution < -0.4 is 0 Å². The lowest BCUT2D eigenvalue weighted by molar-refractivity contribution is 0.0698. The quantitative estimate of drug-likeness (QED) is 0.761. The number of carboxylic acids is 1. The molecule has 0 aliphatic rings. The normalized spacial score (nSPS) is 11.2. The number of rotatable bonds is 2. The van der Waals surface area contributed by atoms with Crippen LogP contribution in [0.4, 0.5) is 0 Å². The molecule has 0 fully saturated rings. The van der Waals surface area contributed by atoms with Crippen molar-refractivity contribution >= 4 is 28.5 Å². The van der Waals surface area contributed by atoms with E-state index in [0.29, 0.717) is 10.7 Å². The van der Waals surface area contributed by atoms with E-state index in [2.05, 4.69) is 10.2 Å². The standard InChI is InChI=1S/C14H12ClN3O2/c1-7-12(13-10(14(19)20)6-16-17-13)9-4-3-8(15)5-11(9)18(7)2/h3-6H,1-2H3,(H,16,17)(H,19,20). The summed E-state index contributed by atoms with van der Waals surface area (Å²) in [5, 5.41) is 17.5. The molecule has 0 aliphatic heterocycles. The van der Waals surface area contributed by atoms with Crippen LogP contribution in [0, 0.1) is 6.92 Å². The second-order valence-corrected chi connectivity index (χ2v) is 5.08. The number of hydrogen-bond acceptors (Lipinski definition) is 2. The van der Waals surface area contributed by atoms with Crippen LogP contribution in [-0.2, 0) is 7.05 Å². The fourth-order valence-corrected chi connectivity index (χ4v) is 2.66. The summed E-state index contributed by atoms with van der Waals surface area (Å²) in [4.78, 5) is 11.3. The van der Waals surface area contributed by atoms with E-state index in [9.17, 15) is 9.90 Å². The van der Waals surface area contributed by atoms with Gasteiger partial charge in [-0.3, -0.25) is 5.10 Å². The molecule has 2 aromatic heterocycles. The first-order valence-electron chi connectivity index (χ1n) is 6.02. The Morgan fingerprint density at radius 3 is 2.90 bits per heavy atom. The molecule has 0 amide bonds. The molecule has 3 aromatic rings. The molecule has 0 spiro atoms.